The zero-order valence-electron chi connectivity index (χ0n) is 22.4. The smallest absolute Gasteiger partial charge is 0.343 e. The van der Waals surface area contributed by atoms with Gasteiger partial charge in [0.25, 0.3) is 0 Å². The summed E-state index contributed by atoms with van der Waals surface area (Å²) in [6.07, 6.45) is 1.54. The van der Waals surface area contributed by atoms with Crippen LogP contribution in [0.4, 0.5) is 11.4 Å². The van der Waals surface area contributed by atoms with Crippen molar-refractivity contribution in [3.8, 4) is 0 Å². The van der Waals surface area contributed by atoms with E-state index in [-0.39, 0.29) is 17.8 Å². The van der Waals surface area contributed by atoms with Crippen LogP contribution in [0.5, 0.6) is 0 Å². The minimum absolute atomic E-state index is 0.0389. The Morgan fingerprint density at radius 3 is 2.21 bits per heavy atom. The van der Waals surface area contributed by atoms with Crippen LogP contribution >= 0.6 is 0 Å². The highest BCUT2D eigenvalue weighted by Crippen LogP contribution is 2.36. The van der Waals surface area contributed by atoms with Crippen LogP contribution in [-0.4, -0.2) is 30.7 Å². The minimum Gasteiger partial charge on any atom is -0.465 e. The standard InChI is InChI=1S/C30H29N3O6/c1-17-6-8-21(9-7-17)32-29(36)28(35)31-16-24-11-10-23(39-24)15-25-27(34)26(30(37)38-5)20(4)33(25)22-13-18(2)12-19(3)14-22/h6-15H,16H2,1-5H3,(H,31,35)(H,32,36)/b25-15+. The van der Waals surface area contributed by atoms with Crippen molar-refractivity contribution in [2.75, 3.05) is 17.3 Å². The normalized spacial score (nSPS) is 14.1. The summed E-state index contributed by atoms with van der Waals surface area (Å²) in [6.45, 7) is 7.47. The van der Waals surface area contributed by atoms with Crippen molar-refractivity contribution in [3.63, 3.8) is 0 Å². The number of carbonyl (C=O) groups excluding carboxylic acids is 4. The van der Waals surface area contributed by atoms with Gasteiger partial charge in [-0.15, -0.1) is 0 Å². The first kappa shape index (κ1) is 27.1. The molecule has 200 valence electrons. The number of ketones is 1. The van der Waals surface area contributed by atoms with Gasteiger partial charge in [-0.05, 0) is 75.2 Å². The van der Waals surface area contributed by atoms with Gasteiger partial charge in [-0.3, -0.25) is 14.4 Å². The number of aryl methyl sites for hydroxylation is 3. The molecule has 1 aliphatic heterocycles. The van der Waals surface area contributed by atoms with Gasteiger partial charge in [-0.25, -0.2) is 4.79 Å². The fourth-order valence-electron chi connectivity index (χ4n) is 4.35. The van der Waals surface area contributed by atoms with Gasteiger partial charge in [0.2, 0.25) is 5.78 Å². The van der Waals surface area contributed by atoms with Crippen molar-refractivity contribution in [2.45, 2.75) is 34.2 Å². The van der Waals surface area contributed by atoms with E-state index in [1.165, 1.54) is 13.2 Å². The molecule has 3 aromatic rings. The molecule has 9 nitrogen and oxygen atoms in total. The van der Waals surface area contributed by atoms with Crippen molar-refractivity contribution in [2.24, 2.45) is 0 Å². The van der Waals surface area contributed by atoms with Crippen molar-refractivity contribution in [1.82, 2.24) is 5.32 Å². The highest BCUT2D eigenvalue weighted by molar-refractivity contribution is 6.39. The molecule has 0 spiro atoms. The van der Waals surface area contributed by atoms with Crippen LogP contribution in [0.15, 0.2) is 76.0 Å². The quantitative estimate of drug-likeness (QED) is 0.212. The lowest BCUT2D eigenvalue weighted by Crippen LogP contribution is -2.34. The predicted molar refractivity (Wildman–Crippen MR) is 146 cm³/mol. The Morgan fingerprint density at radius 1 is 0.897 bits per heavy atom. The molecule has 0 fully saturated rings. The number of nitrogens with zero attached hydrogens (tertiary/aromatic N) is 1. The van der Waals surface area contributed by atoms with Crippen LogP contribution < -0.4 is 15.5 Å². The number of Topliss-reactive ketones (excluding diaryl/α,β-unsaturated/α-hetero) is 1. The number of carbonyl (C=O) groups is 4. The Hall–Kier alpha value is -4.92. The zero-order chi connectivity index (χ0) is 28.3. The second-order valence-electron chi connectivity index (χ2n) is 9.30. The summed E-state index contributed by atoms with van der Waals surface area (Å²) in [6, 6.07) is 16.2. The fourth-order valence-corrected chi connectivity index (χ4v) is 4.35. The largest absolute Gasteiger partial charge is 0.465 e. The van der Waals surface area contributed by atoms with Crippen LogP contribution in [0.2, 0.25) is 0 Å². The maximum atomic E-state index is 13.3. The number of hydrogen-bond acceptors (Lipinski definition) is 7. The van der Waals surface area contributed by atoms with Crippen LogP contribution in [0.1, 0.15) is 35.1 Å². The lowest BCUT2D eigenvalue weighted by molar-refractivity contribution is -0.137. The molecule has 2 amide bonds. The molecule has 4 rings (SSSR count). The maximum absolute atomic E-state index is 13.3. The second-order valence-corrected chi connectivity index (χ2v) is 9.30. The van der Waals surface area contributed by atoms with Gasteiger partial charge >= 0.3 is 17.8 Å². The van der Waals surface area contributed by atoms with Gasteiger partial charge in [0.15, 0.2) is 0 Å². The molecule has 2 N–H and O–H groups in total. The predicted octanol–water partition coefficient (Wildman–Crippen LogP) is 4.34. The van der Waals surface area contributed by atoms with Gasteiger partial charge in [-0.2, -0.15) is 0 Å². The van der Waals surface area contributed by atoms with Gasteiger partial charge < -0.3 is 24.7 Å². The van der Waals surface area contributed by atoms with E-state index >= 15 is 0 Å². The van der Waals surface area contributed by atoms with Crippen LogP contribution in [0, 0.1) is 20.8 Å². The summed E-state index contributed by atoms with van der Waals surface area (Å²) >= 11 is 0. The van der Waals surface area contributed by atoms with Gasteiger partial charge in [0.05, 0.1) is 19.4 Å². The number of ether oxygens (including phenoxy) is 1. The molecule has 1 aliphatic rings. The Balaban J connectivity index is 1.52. The highest BCUT2D eigenvalue weighted by atomic mass is 16.5. The molecule has 2 heterocycles. The van der Waals surface area contributed by atoms with Crippen LogP contribution in [0.3, 0.4) is 0 Å². The van der Waals surface area contributed by atoms with E-state index in [1.54, 1.807) is 36.1 Å². The average Bonchev–Trinajstić information content (AvgIpc) is 3.44. The SMILES string of the molecule is COC(=O)C1=C(C)N(c2cc(C)cc(C)c2)/C(=C/c2ccc(CNC(=O)C(=O)Nc3ccc(C)cc3)o2)C1=O. The monoisotopic (exact) mass is 527 g/mol. The number of rotatable bonds is 6. The third kappa shape index (κ3) is 5.98. The van der Waals surface area contributed by atoms with Crippen LogP contribution in [0.25, 0.3) is 6.08 Å². The number of furan rings is 1. The molecule has 0 saturated heterocycles. The van der Waals surface area contributed by atoms with Crippen molar-refractivity contribution in [1.29, 1.82) is 0 Å². The van der Waals surface area contributed by atoms with Crippen molar-refractivity contribution in [3.05, 3.63) is 99.8 Å². The number of amides is 2. The molecule has 39 heavy (non-hydrogen) atoms. The van der Waals surface area contributed by atoms with E-state index in [1.807, 2.05) is 51.1 Å². The Labute approximate surface area is 226 Å². The molecule has 0 bridgehead atoms. The van der Waals surface area contributed by atoms with E-state index in [0.29, 0.717) is 22.9 Å². The molecule has 9 heteroatoms. The Bertz CT molecular complexity index is 1510. The molecule has 2 aromatic carbocycles. The topological polar surface area (TPSA) is 118 Å². The maximum Gasteiger partial charge on any atom is 0.343 e. The fraction of sp³-hybridized carbons (Fsp3) is 0.200. The number of esters is 1. The third-order valence-corrected chi connectivity index (χ3v) is 6.15. The summed E-state index contributed by atoms with van der Waals surface area (Å²) in [4.78, 5) is 51.9. The summed E-state index contributed by atoms with van der Waals surface area (Å²) in [5, 5.41) is 5.06. The number of anilines is 2. The first-order valence-electron chi connectivity index (χ1n) is 12.3. The third-order valence-electron chi connectivity index (χ3n) is 6.15. The first-order chi connectivity index (χ1) is 18.6. The number of nitrogens with one attached hydrogen (secondary N) is 2. The molecule has 0 unspecified atom stereocenters. The minimum atomic E-state index is -0.818. The Morgan fingerprint density at radius 2 is 1.56 bits per heavy atom. The summed E-state index contributed by atoms with van der Waals surface area (Å²) < 4.78 is 10.7. The second kappa shape index (κ2) is 11.2. The number of hydrogen-bond donors (Lipinski definition) is 2. The first-order valence-corrected chi connectivity index (χ1v) is 12.3. The lowest BCUT2D eigenvalue weighted by atomic mass is 10.1. The van der Waals surface area contributed by atoms with E-state index < -0.39 is 23.6 Å². The van der Waals surface area contributed by atoms with E-state index in [4.69, 9.17) is 9.15 Å². The van der Waals surface area contributed by atoms with E-state index in [0.717, 1.165) is 22.4 Å². The molecule has 1 aromatic heterocycles. The molecule has 0 radical (unpaired) electrons. The van der Waals surface area contributed by atoms with Crippen molar-refractivity contribution >= 4 is 41.0 Å². The van der Waals surface area contributed by atoms with Gasteiger partial charge in [0.1, 0.15) is 17.1 Å². The van der Waals surface area contributed by atoms with Crippen molar-refractivity contribution < 1.29 is 28.3 Å². The van der Waals surface area contributed by atoms with E-state index in [2.05, 4.69) is 10.6 Å². The molecular weight excluding hydrogens is 498 g/mol. The number of allylic oxidation sites excluding steroid dienone is 2. The summed E-state index contributed by atoms with van der Waals surface area (Å²) in [5.74, 6) is -2.12. The molecular formula is C30H29N3O6. The molecule has 0 atom stereocenters. The molecule has 0 saturated carbocycles. The highest BCUT2D eigenvalue weighted by Gasteiger charge is 2.38. The lowest BCUT2D eigenvalue weighted by Gasteiger charge is -2.22. The van der Waals surface area contributed by atoms with Crippen LogP contribution in [-0.2, 0) is 30.5 Å². The number of methoxy groups -OCH3 is 1. The average molecular weight is 528 g/mol. The summed E-state index contributed by atoms with van der Waals surface area (Å²) in [7, 11) is 1.23. The van der Waals surface area contributed by atoms with Gasteiger partial charge in [-0.1, -0.05) is 23.8 Å². The summed E-state index contributed by atoms with van der Waals surface area (Å²) in [5.41, 5.74) is 4.88. The Kier molecular flexibility index (Phi) is 7.80. The number of benzene rings is 2. The van der Waals surface area contributed by atoms with E-state index in [9.17, 15) is 19.2 Å². The van der Waals surface area contributed by atoms with Gasteiger partial charge in [0, 0.05) is 23.1 Å². The molecule has 0 aliphatic carbocycles. The zero-order valence-corrected chi connectivity index (χ0v) is 22.4.